The number of nitrogens with one attached hydrogen (secondary N) is 1. The predicted octanol–water partition coefficient (Wildman–Crippen LogP) is 5.07. The molecule has 0 aliphatic carbocycles. The van der Waals surface area contributed by atoms with Gasteiger partial charge in [-0.3, -0.25) is 14.3 Å². The number of amides is 2. The van der Waals surface area contributed by atoms with E-state index in [9.17, 15) is 14.7 Å². The summed E-state index contributed by atoms with van der Waals surface area (Å²) in [5.74, 6) is -0.372. The fourth-order valence-electron chi connectivity index (χ4n) is 7.23. The van der Waals surface area contributed by atoms with E-state index < -0.39 is 31.6 Å². The molecule has 48 heavy (non-hydrogen) atoms. The summed E-state index contributed by atoms with van der Waals surface area (Å²) in [6, 6.07) is 19.5. The summed E-state index contributed by atoms with van der Waals surface area (Å²) in [6.45, 7) is 5.93. The molecule has 4 aromatic rings. The van der Waals surface area contributed by atoms with Crippen molar-refractivity contribution >= 4 is 37.3 Å². The second-order valence-corrected chi connectivity index (χ2v) is 16.8. The fraction of sp³-hybridized carbons (Fsp3) is 0.371. The van der Waals surface area contributed by atoms with E-state index >= 15 is 4.11 Å². The number of aliphatic hydroxyl groups is 1. The van der Waals surface area contributed by atoms with E-state index in [0.717, 1.165) is 5.56 Å². The van der Waals surface area contributed by atoms with Crippen molar-refractivity contribution in [1.82, 2.24) is 15.0 Å². The van der Waals surface area contributed by atoms with Gasteiger partial charge in [0.05, 0.1) is 31.1 Å². The van der Waals surface area contributed by atoms with E-state index in [0.29, 0.717) is 59.0 Å². The molecule has 4 N–H and O–H groups in total. The summed E-state index contributed by atoms with van der Waals surface area (Å²) in [5, 5.41) is 20.4. The van der Waals surface area contributed by atoms with Crippen LogP contribution in [0.5, 0.6) is 5.75 Å². The van der Waals surface area contributed by atoms with Crippen LogP contribution >= 0.6 is 0 Å². The number of ether oxygens (including phenoxy) is 2. The van der Waals surface area contributed by atoms with Gasteiger partial charge in [-0.05, 0) is 79.7 Å². The van der Waals surface area contributed by atoms with E-state index in [1.54, 1.807) is 72.4 Å². The number of fused-ring (bicyclic) bond motifs is 2. The van der Waals surface area contributed by atoms with Crippen molar-refractivity contribution in [1.29, 1.82) is 0 Å². The molecule has 0 unspecified atom stereocenters. The Morgan fingerprint density at radius 3 is 2.54 bits per heavy atom. The Balaban J connectivity index is 1.27. The van der Waals surface area contributed by atoms with Crippen molar-refractivity contribution in [2.24, 2.45) is 5.92 Å². The van der Waals surface area contributed by atoms with Gasteiger partial charge in [0.1, 0.15) is 5.75 Å². The van der Waals surface area contributed by atoms with Gasteiger partial charge in [-0.1, -0.05) is 24.3 Å². The third-order valence-corrected chi connectivity index (χ3v) is 11.9. The summed E-state index contributed by atoms with van der Waals surface area (Å²) >= 11 is 0. The van der Waals surface area contributed by atoms with Gasteiger partial charge in [0.25, 0.3) is 11.8 Å². The summed E-state index contributed by atoms with van der Waals surface area (Å²) in [4.78, 5) is 29.1. The fourth-order valence-corrected chi connectivity index (χ4v) is 9.77. The van der Waals surface area contributed by atoms with Gasteiger partial charge < -0.3 is 34.6 Å². The zero-order valence-corrected chi connectivity index (χ0v) is 28.5. The van der Waals surface area contributed by atoms with Gasteiger partial charge in [-0.15, -0.1) is 5.10 Å². The third kappa shape index (κ3) is 6.20. The highest BCUT2D eigenvalue weighted by atomic mass is 28.4. The number of nitrogen functional groups attached to an aromatic ring is 1. The van der Waals surface area contributed by atoms with Gasteiger partial charge in [0, 0.05) is 59.7 Å². The quantitative estimate of drug-likeness (QED) is 0.114. The lowest BCUT2D eigenvalue weighted by atomic mass is 9.82. The van der Waals surface area contributed by atoms with Crippen LogP contribution in [-0.4, -0.2) is 60.1 Å². The zero-order chi connectivity index (χ0) is 34.2. The molecule has 3 aromatic carbocycles. The first-order valence-corrected chi connectivity index (χ1v) is 19.0. The Kier molecular flexibility index (Phi) is 9.11. The summed E-state index contributed by atoms with van der Waals surface area (Å²) in [7, 11) is -1.78. The highest BCUT2D eigenvalue weighted by Gasteiger charge is 2.66. The number of anilines is 3. The highest BCUT2D eigenvalue weighted by molar-refractivity contribution is 6.72. The van der Waals surface area contributed by atoms with Gasteiger partial charge in [-0.2, -0.15) is 0 Å². The van der Waals surface area contributed by atoms with Crippen molar-refractivity contribution in [3.63, 3.8) is 0 Å². The highest BCUT2D eigenvalue weighted by Crippen LogP contribution is 2.60. The molecular formula is C35H41FN6O5Si. The van der Waals surface area contributed by atoms with Crippen molar-refractivity contribution in [3.8, 4) is 5.75 Å². The van der Waals surface area contributed by atoms with Crippen LogP contribution in [0.4, 0.5) is 21.2 Å². The normalized spacial score (nSPS) is 21.9. The molecule has 2 aliphatic heterocycles. The van der Waals surface area contributed by atoms with Crippen LogP contribution in [0.15, 0.2) is 72.9 Å². The Hall–Kier alpha value is -4.59. The van der Waals surface area contributed by atoms with E-state index in [2.05, 4.69) is 15.6 Å². The number of benzene rings is 3. The van der Waals surface area contributed by atoms with Crippen LogP contribution in [0, 0.1) is 5.92 Å². The lowest BCUT2D eigenvalue weighted by Crippen LogP contribution is -2.45. The van der Waals surface area contributed by atoms with E-state index in [4.69, 9.17) is 15.2 Å². The largest absolute Gasteiger partial charge is 0.497 e. The molecule has 0 bridgehead atoms. The Labute approximate surface area is 280 Å². The molecule has 13 heteroatoms. The number of methoxy groups -OCH3 is 1. The maximum Gasteiger partial charge on any atom is 0.264 e. The minimum absolute atomic E-state index is 0.0269. The van der Waals surface area contributed by atoms with Crippen LogP contribution in [-0.2, 0) is 34.6 Å². The van der Waals surface area contributed by atoms with E-state index in [1.807, 2.05) is 37.3 Å². The van der Waals surface area contributed by atoms with Crippen molar-refractivity contribution in [2.75, 3.05) is 29.7 Å². The molecule has 3 heterocycles. The van der Waals surface area contributed by atoms with Crippen LogP contribution in [0.1, 0.15) is 40.5 Å². The minimum Gasteiger partial charge on any atom is -0.497 e. The molecule has 1 aromatic heterocycles. The number of halogens is 1. The Morgan fingerprint density at radius 2 is 1.88 bits per heavy atom. The average molecular weight is 673 g/mol. The van der Waals surface area contributed by atoms with Crippen molar-refractivity contribution in [3.05, 3.63) is 95.3 Å². The number of hydrogen-bond donors (Lipinski definition) is 3. The molecule has 2 amide bonds. The van der Waals surface area contributed by atoms with Crippen LogP contribution < -0.4 is 20.7 Å². The SMILES string of the molecule is COc1ccc2c(c1)[C@@]1(O[C@H](CCn3cc(CCO)nn3)[C@@H]([Si](C)(C)F)[C@@H]1C)C(=O)N2Cc1ccc(NC(=O)c2ccc(N)cc2)cc1. The molecule has 11 nitrogen and oxygen atoms in total. The van der Waals surface area contributed by atoms with Crippen LogP contribution in [0.25, 0.3) is 0 Å². The standard InChI is InChI=1S/C35H41FN6O5Si/c1-22-32(48(3,4)36)31(15-17-41-21-27(16-18-43)39-40-41)47-35(22)29-19-28(46-2)13-14-30(29)42(34(35)45)20-23-5-11-26(12-6-23)38-33(44)24-7-9-25(37)10-8-24/h5-14,19,21-22,31-32,43H,15-18,20,37H2,1-4H3,(H,38,44)/t22-,31+,32-,35+/m0/s1. The lowest BCUT2D eigenvalue weighted by molar-refractivity contribution is -0.146. The van der Waals surface area contributed by atoms with Crippen LogP contribution in [0.3, 0.4) is 0 Å². The second kappa shape index (κ2) is 13.1. The number of hydrogen-bond acceptors (Lipinski definition) is 8. The van der Waals surface area contributed by atoms with Crippen molar-refractivity contribution in [2.45, 2.75) is 63.2 Å². The molecule has 6 rings (SSSR count). The number of nitrogens with two attached hydrogens (primary N) is 1. The first kappa shape index (κ1) is 33.3. The third-order valence-electron chi connectivity index (χ3n) is 9.49. The molecule has 1 spiro atoms. The molecular weight excluding hydrogens is 632 g/mol. The molecule has 252 valence electrons. The number of rotatable bonds is 11. The Morgan fingerprint density at radius 1 is 1.15 bits per heavy atom. The topological polar surface area (TPSA) is 145 Å². The maximum absolute atomic E-state index is 16.2. The average Bonchev–Trinajstić information content (AvgIpc) is 3.71. The first-order valence-electron chi connectivity index (χ1n) is 16.1. The molecule has 0 radical (unpaired) electrons. The van der Waals surface area contributed by atoms with Crippen LogP contribution in [0.2, 0.25) is 18.6 Å². The number of carbonyl (C=O) groups excluding carboxylic acids is 2. The Bertz CT molecular complexity index is 1790. The lowest BCUT2D eigenvalue weighted by Gasteiger charge is -2.31. The number of aromatic nitrogens is 3. The smallest absolute Gasteiger partial charge is 0.264 e. The number of aryl methyl sites for hydroxylation is 1. The minimum atomic E-state index is -3.35. The van der Waals surface area contributed by atoms with Gasteiger partial charge in [-0.25, -0.2) is 0 Å². The van der Waals surface area contributed by atoms with Gasteiger partial charge in [0.2, 0.25) is 8.41 Å². The zero-order valence-electron chi connectivity index (χ0n) is 27.5. The van der Waals surface area contributed by atoms with Crippen molar-refractivity contribution < 1.29 is 28.3 Å². The van der Waals surface area contributed by atoms with Gasteiger partial charge in [0.15, 0.2) is 5.60 Å². The van der Waals surface area contributed by atoms with E-state index in [1.165, 1.54) is 0 Å². The number of nitrogens with zero attached hydrogens (tertiary/aromatic N) is 4. The second-order valence-electron chi connectivity index (χ2n) is 13.1. The molecule has 1 fully saturated rings. The molecule has 2 aliphatic rings. The summed E-state index contributed by atoms with van der Waals surface area (Å²) < 4.78 is 30.3. The molecule has 1 saturated heterocycles. The summed E-state index contributed by atoms with van der Waals surface area (Å²) in [6.07, 6.45) is 2.07. The number of aliphatic hydroxyl groups excluding tert-OH is 1. The molecule has 4 atom stereocenters. The van der Waals surface area contributed by atoms with E-state index in [-0.39, 0.29) is 25.0 Å². The maximum atomic E-state index is 16.2. The predicted molar refractivity (Wildman–Crippen MR) is 183 cm³/mol. The first-order chi connectivity index (χ1) is 22.9. The number of carbonyl (C=O) groups is 2. The molecule has 0 saturated carbocycles. The summed E-state index contributed by atoms with van der Waals surface area (Å²) in [5.41, 5.74) is 8.43. The van der Waals surface area contributed by atoms with Gasteiger partial charge >= 0.3 is 0 Å². The monoisotopic (exact) mass is 672 g/mol.